The summed E-state index contributed by atoms with van der Waals surface area (Å²) < 4.78 is 62.1. The molecule has 3 heterocycles. The SMILES string of the molecule is CCCCCC(=O)SCCNC(=O)CCNC(=O)[C@@H](O)C(C)(C)COP(=O)(O)OP(=O)(O)OC[C@H]1O[C@@H](n2cnc3c(N)ncnc32)C(O)[C@H]1OP(=O)(O)O. The summed E-state index contributed by atoms with van der Waals surface area (Å²) in [6.07, 6.45) is -3.63. The molecule has 2 aromatic heterocycles. The molecule has 7 atom stereocenters. The van der Waals surface area contributed by atoms with Gasteiger partial charge in [-0.05, 0) is 6.42 Å². The first-order valence-corrected chi connectivity index (χ1v) is 22.1. The van der Waals surface area contributed by atoms with E-state index in [4.69, 9.17) is 19.5 Å². The van der Waals surface area contributed by atoms with Gasteiger partial charge in [0.1, 0.15) is 36.3 Å². The molecule has 1 saturated heterocycles. The zero-order chi connectivity index (χ0) is 41.2. The molecule has 1 aliphatic rings. The van der Waals surface area contributed by atoms with Gasteiger partial charge in [-0.1, -0.05) is 45.4 Å². The van der Waals surface area contributed by atoms with Crippen LogP contribution >= 0.6 is 35.2 Å². The van der Waals surface area contributed by atoms with Crippen LogP contribution in [0.2, 0.25) is 0 Å². The van der Waals surface area contributed by atoms with Crippen molar-refractivity contribution in [1.29, 1.82) is 0 Å². The van der Waals surface area contributed by atoms with Gasteiger partial charge in [-0.2, -0.15) is 4.31 Å². The lowest BCUT2D eigenvalue weighted by Crippen LogP contribution is -2.46. The van der Waals surface area contributed by atoms with E-state index in [9.17, 15) is 57.9 Å². The van der Waals surface area contributed by atoms with Gasteiger partial charge in [-0.15, -0.1) is 0 Å². The number of nitrogens with zero attached hydrogens (tertiary/aromatic N) is 4. The van der Waals surface area contributed by atoms with Gasteiger partial charge in [-0.3, -0.25) is 32.5 Å². The van der Waals surface area contributed by atoms with Gasteiger partial charge in [-0.25, -0.2) is 28.6 Å². The van der Waals surface area contributed by atoms with Crippen LogP contribution in [0, 0.1) is 5.41 Å². The molecule has 1 fully saturated rings. The summed E-state index contributed by atoms with van der Waals surface area (Å²) in [4.78, 5) is 87.3. The summed E-state index contributed by atoms with van der Waals surface area (Å²) >= 11 is 1.12. The van der Waals surface area contributed by atoms with Crippen LogP contribution in [-0.2, 0) is 50.7 Å². The van der Waals surface area contributed by atoms with Crippen molar-refractivity contribution in [2.45, 2.75) is 83.5 Å². The Morgan fingerprint density at radius 1 is 1.04 bits per heavy atom. The molecule has 55 heavy (non-hydrogen) atoms. The third-order valence-electron chi connectivity index (χ3n) is 7.75. The Kier molecular flexibility index (Phi) is 17.3. The second kappa shape index (κ2) is 20.3. The number of ether oxygens (including phenoxy) is 1. The number of unbranched alkanes of at least 4 members (excludes halogenated alkanes) is 2. The molecule has 3 unspecified atom stereocenters. The Labute approximate surface area is 318 Å². The van der Waals surface area contributed by atoms with Gasteiger partial charge in [0.25, 0.3) is 0 Å². The lowest BCUT2D eigenvalue weighted by atomic mass is 9.87. The summed E-state index contributed by atoms with van der Waals surface area (Å²) in [5.41, 5.74) is 4.27. The molecular weight excluding hydrogens is 819 g/mol. The third-order valence-corrected chi connectivity index (χ3v) is 11.8. The van der Waals surface area contributed by atoms with Gasteiger partial charge in [0.2, 0.25) is 11.8 Å². The number of thioether (sulfide) groups is 1. The van der Waals surface area contributed by atoms with Gasteiger partial charge in [0, 0.05) is 37.1 Å². The highest BCUT2D eigenvalue weighted by Crippen LogP contribution is 2.61. The molecule has 0 aliphatic carbocycles. The quantitative estimate of drug-likeness (QED) is 0.0534. The van der Waals surface area contributed by atoms with E-state index in [1.165, 1.54) is 13.8 Å². The van der Waals surface area contributed by atoms with Crippen LogP contribution in [0.25, 0.3) is 11.2 Å². The fourth-order valence-corrected chi connectivity index (χ4v) is 8.44. The topological polar surface area (TPSA) is 364 Å². The molecule has 312 valence electrons. The number of nitrogens with two attached hydrogens (primary N) is 1. The number of hydrogen-bond donors (Lipinski definition) is 9. The Balaban J connectivity index is 1.49. The van der Waals surface area contributed by atoms with Crippen LogP contribution < -0.4 is 16.4 Å². The normalized spacial score (nSPS) is 21.8. The van der Waals surface area contributed by atoms with E-state index < -0.39 is 84.6 Å². The molecule has 0 bridgehead atoms. The number of imidazole rings is 1. The Morgan fingerprint density at radius 2 is 1.73 bits per heavy atom. The predicted octanol–water partition coefficient (Wildman–Crippen LogP) is 0.245. The zero-order valence-corrected chi connectivity index (χ0v) is 33.4. The third kappa shape index (κ3) is 14.8. The maximum Gasteiger partial charge on any atom is 0.481 e. The number of amides is 2. The van der Waals surface area contributed by atoms with E-state index in [2.05, 4.69) is 34.4 Å². The minimum absolute atomic E-state index is 0.0321. The first-order chi connectivity index (χ1) is 25.6. The summed E-state index contributed by atoms with van der Waals surface area (Å²) in [7, 11) is -16.4. The fourth-order valence-electron chi connectivity index (χ4n) is 4.89. The molecule has 3 rings (SSSR count). The van der Waals surface area contributed by atoms with Crippen molar-refractivity contribution in [1.82, 2.24) is 30.2 Å². The fraction of sp³-hybridized carbons (Fsp3) is 0.704. The summed E-state index contributed by atoms with van der Waals surface area (Å²) in [6, 6.07) is 0. The predicted molar refractivity (Wildman–Crippen MR) is 191 cm³/mol. The highest BCUT2D eigenvalue weighted by Gasteiger charge is 2.50. The minimum Gasteiger partial charge on any atom is -0.386 e. The van der Waals surface area contributed by atoms with Gasteiger partial charge in [0.15, 0.2) is 22.8 Å². The number of phosphoric ester groups is 3. The number of rotatable bonds is 23. The number of carbonyl (C=O) groups is 3. The molecule has 0 radical (unpaired) electrons. The van der Waals surface area contributed by atoms with Gasteiger partial charge >= 0.3 is 23.5 Å². The smallest absolute Gasteiger partial charge is 0.386 e. The van der Waals surface area contributed by atoms with Crippen LogP contribution in [0.1, 0.15) is 59.1 Å². The second-order valence-electron chi connectivity index (χ2n) is 12.7. The van der Waals surface area contributed by atoms with Crippen LogP contribution in [0.5, 0.6) is 0 Å². The van der Waals surface area contributed by atoms with E-state index in [0.29, 0.717) is 12.2 Å². The van der Waals surface area contributed by atoms with Crippen LogP contribution in [0.15, 0.2) is 12.7 Å². The van der Waals surface area contributed by atoms with E-state index in [1.54, 1.807) is 0 Å². The number of phosphoric acid groups is 3. The number of anilines is 1. The van der Waals surface area contributed by atoms with Crippen molar-refractivity contribution in [2.24, 2.45) is 5.41 Å². The highest BCUT2D eigenvalue weighted by molar-refractivity contribution is 8.13. The lowest BCUT2D eigenvalue weighted by Gasteiger charge is -2.30. The number of aliphatic hydroxyl groups is 2. The zero-order valence-electron chi connectivity index (χ0n) is 29.9. The molecule has 0 aromatic carbocycles. The molecule has 1 aliphatic heterocycles. The van der Waals surface area contributed by atoms with Crippen molar-refractivity contribution < 1.29 is 80.5 Å². The number of nitrogens with one attached hydrogen (secondary N) is 2. The second-order valence-corrected chi connectivity index (χ2v) is 18.1. The summed E-state index contributed by atoms with van der Waals surface area (Å²) in [6.45, 7) is 2.59. The Hall–Kier alpha value is -2.44. The van der Waals surface area contributed by atoms with Crippen molar-refractivity contribution >= 4 is 69.1 Å². The highest BCUT2D eigenvalue weighted by atomic mass is 32.2. The van der Waals surface area contributed by atoms with Crippen LogP contribution in [0.3, 0.4) is 0 Å². The molecule has 0 spiro atoms. The van der Waals surface area contributed by atoms with Crippen molar-refractivity contribution in [3.8, 4) is 0 Å². The van der Waals surface area contributed by atoms with Crippen LogP contribution in [0.4, 0.5) is 5.82 Å². The van der Waals surface area contributed by atoms with E-state index in [0.717, 1.165) is 48.2 Å². The summed E-state index contributed by atoms with van der Waals surface area (Å²) in [5.74, 6) is -1.04. The minimum atomic E-state index is -5.56. The molecular formula is C27H46N7O17P3S. The largest absolute Gasteiger partial charge is 0.481 e. The monoisotopic (exact) mass is 865 g/mol. The molecule has 10 N–H and O–H groups in total. The molecule has 2 aromatic rings. The average molecular weight is 866 g/mol. The first-order valence-electron chi connectivity index (χ1n) is 16.6. The average Bonchev–Trinajstić information content (AvgIpc) is 3.64. The molecule has 28 heteroatoms. The molecule has 2 amide bonds. The summed E-state index contributed by atoms with van der Waals surface area (Å²) in [5, 5.41) is 26.4. The molecule has 0 saturated carbocycles. The number of nitrogen functional groups attached to an aromatic ring is 1. The van der Waals surface area contributed by atoms with E-state index in [1.807, 2.05) is 6.92 Å². The number of aliphatic hydroxyl groups excluding tert-OH is 2. The van der Waals surface area contributed by atoms with Gasteiger partial charge < -0.3 is 50.9 Å². The van der Waals surface area contributed by atoms with Crippen molar-refractivity contribution in [3.05, 3.63) is 12.7 Å². The standard InChI is InChI=1S/C27H46N7O17P3S/c1-4-5-6-7-18(36)55-11-10-29-17(35)8-9-30-25(39)22(38)27(2,3)13-48-54(45,46)51-53(43,44)47-12-16-21(50-52(40,41)42)20(37)26(49-16)34-15-33-19-23(28)31-14-32-24(19)34/h14-16,20-22,26,37-38H,4-13H2,1-3H3,(H,29,35)(H,30,39)(H,43,44)(H,45,46)(H2,28,31,32)(H2,40,41,42)/t16-,20?,21+,22-,26-/m1/s1. The van der Waals surface area contributed by atoms with E-state index >= 15 is 0 Å². The number of carbonyl (C=O) groups excluding carboxylic acids is 3. The van der Waals surface area contributed by atoms with Gasteiger partial charge in [0.05, 0.1) is 19.5 Å². The number of aromatic nitrogens is 4. The lowest BCUT2D eigenvalue weighted by molar-refractivity contribution is -0.137. The van der Waals surface area contributed by atoms with Crippen LogP contribution in [-0.4, -0.2) is 123 Å². The van der Waals surface area contributed by atoms with Crippen molar-refractivity contribution in [3.63, 3.8) is 0 Å². The Bertz CT molecular complexity index is 1780. The maximum atomic E-state index is 12.7. The van der Waals surface area contributed by atoms with E-state index in [-0.39, 0.29) is 41.6 Å². The maximum absolute atomic E-state index is 12.7. The Morgan fingerprint density at radius 3 is 2.40 bits per heavy atom. The van der Waals surface area contributed by atoms with Crippen molar-refractivity contribution in [2.75, 3.05) is 37.8 Å². The number of fused-ring (bicyclic) bond motifs is 1. The number of hydrogen-bond acceptors (Lipinski definition) is 18. The first kappa shape index (κ1) is 46.9. The molecule has 24 nitrogen and oxygen atoms in total.